The fraction of sp³-hybridized carbons (Fsp3) is 0.357. The predicted molar refractivity (Wildman–Crippen MR) is 88.8 cm³/mol. The molecule has 6 nitrogen and oxygen atoms in total. The monoisotopic (exact) mass is 344 g/mol. The number of aromatic nitrogens is 2. The summed E-state index contributed by atoms with van der Waals surface area (Å²) in [4.78, 5) is 0.190. The van der Waals surface area contributed by atoms with Crippen LogP contribution in [-0.2, 0) is 16.6 Å². The Bertz CT molecular complexity index is 658. The van der Waals surface area contributed by atoms with E-state index in [0.717, 1.165) is 12.1 Å². The van der Waals surface area contributed by atoms with E-state index in [9.17, 15) is 8.42 Å². The predicted octanol–water partition coefficient (Wildman–Crippen LogP) is 1.24. The van der Waals surface area contributed by atoms with Crippen LogP contribution < -0.4 is 10.0 Å². The van der Waals surface area contributed by atoms with E-state index in [2.05, 4.69) is 15.1 Å². The summed E-state index contributed by atoms with van der Waals surface area (Å²) in [6.07, 6.45) is 2.92. The number of benzene rings is 1. The Balaban J connectivity index is 0.00000242. The lowest BCUT2D eigenvalue weighted by molar-refractivity contribution is 0.577. The Morgan fingerprint density at radius 3 is 2.59 bits per heavy atom. The zero-order valence-corrected chi connectivity index (χ0v) is 14.0. The average molecular weight is 345 g/mol. The molecular formula is C14H21ClN4O2S. The lowest BCUT2D eigenvalue weighted by Gasteiger charge is -2.04. The van der Waals surface area contributed by atoms with Crippen molar-refractivity contribution in [2.24, 2.45) is 0 Å². The molecule has 0 amide bonds. The Morgan fingerprint density at radius 2 is 1.91 bits per heavy atom. The molecule has 0 aliphatic heterocycles. The zero-order chi connectivity index (χ0) is 15.1. The quantitative estimate of drug-likeness (QED) is 0.706. The molecule has 0 bridgehead atoms. The van der Waals surface area contributed by atoms with Gasteiger partial charge in [-0.1, -0.05) is 37.3 Å². The maximum Gasteiger partial charge on any atom is 0.243 e. The number of nitrogens with zero attached hydrogens (tertiary/aromatic N) is 2. The highest BCUT2D eigenvalue weighted by Gasteiger charge is 2.15. The summed E-state index contributed by atoms with van der Waals surface area (Å²) in [5.74, 6) is 0. The molecule has 122 valence electrons. The van der Waals surface area contributed by atoms with Gasteiger partial charge in [-0.3, -0.25) is 4.68 Å². The molecule has 0 fully saturated rings. The number of sulfonamides is 1. The van der Waals surface area contributed by atoms with Crippen molar-refractivity contribution in [3.8, 4) is 0 Å². The minimum Gasteiger partial charge on any atom is -0.316 e. The van der Waals surface area contributed by atoms with Crippen LogP contribution in [0.5, 0.6) is 0 Å². The van der Waals surface area contributed by atoms with Gasteiger partial charge in [-0.2, -0.15) is 5.10 Å². The van der Waals surface area contributed by atoms with Crippen LogP contribution in [0.2, 0.25) is 0 Å². The molecule has 8 heteroatoms. The largest absolute Gasteiger partial charge is 0.316 e. The normalized spacial score (nSPS) is 11.1. The van der Waals surface area contributed by atoms with Gasteiger partial charge in [0.05, 0.1) is 12.7 Å². The number of likely N-dealkylation sites (N-methyl/N-ethyl adjacent to an activating group) is 1. The molecule has 0 radical (unpaired) electrons. The number of hydrogen-bond acceptors (Lipinski definition) is 4. The number of rotatable bonds is 8. The first kappa shape index (κ1) is 18.6. The molecule has 0 unspecified atom stereocenters. The Labute approximate surface area is 137 Å². The third-order valence-electron chi connectivity index (χ3n) is 2.95. The number of hydrogen-bond donors (Lipinski definition) is 2. The molecule has 2 N–H and O–H groups in total. The summed E-state index contributed by atoms with van der Waals surface area (Å²) in [7, 11) is -3.49. The summed E-state index contributed by atoms with van der Waals surface area (Å²) in [5, 5.41) is 7.17. The first-order valence-electron chi connectivity index (χ1n) is 6.88. The van der Waals surface area contributed by atoms with E-state index >= 15 is 0 Å². The molecular weight excluding hydrogens is 324 g/mol. The molecule has 0 spiro atoms. The van der Waals surface area contributed by atoms with E-state index in [1.165, 1.54) is 6.20 Å². The maximum absolute atomic E-state index is 12.1. The van der Waals surface area contributed by atoms with Gasteiger partial charge in [0.2, 0.25) is 10.0 Å². The molecule has 2 aromatic rings. The minimum absolute atomic E-state index is 0. The van der Waals surface area contributed by atoms with Gasteiger partial charge in [0, 0.05) is 19.3 Å². The molecule has 0 aliphatic carbocycles. The van der Waals surface area contributed by atoms with E-state index in [-0.39, 0.29) is 17.3 Å². The van der Waals surface area contributed by atoms with E-state index in [4.69, 9.17) is 0 Å². The third-order valence-corrected chi connectivity index (χ3v) is 4.37. The molecule has 0 saturated heterocycles. The van der Waals surface area contributed by atoms with Crippen molar-refractivity contribution in [2.45, 2.75) is 18.4 Å². The molecule has 1 aromatic carbocycles. The summed E-state index contributed by atoms with van der Waals surface area (Å²) in [6.45, 7) is 4.31. The first-order chi connectivity index (χ1) is 10.1. The summed E-state index contributed by atoms with van der Waals surface area (Å²) in [6, 6.07) is 9.78. The lowest BCUT2D eigenvalue weighted by atomic mass is 10.2. The maximum atomic E-state index is 12.1. The SMILES string of the molecule is CCNCCNS(=O)(=O)c1cnn(Cc2ccccc2)c1.Cl. The molecule has 1 heterocycles. The highest BCUT2D eigenvalue weighted by molar-refractivity contribution is 7.89. The highest BCUT2D eigenvalue weighted by atomic mass is 35.5. The molecule has 22 heavy (non-hydrogen) atoms. The second-order valence-electron chi connectivity index (χ2n) is 4.61. The molecule has 2 rings (SSSR count). The summed E-state index contributed by atoms with van der Waals surface area (Å²) >= 11 is 0. The van der Waals surface area contributed by atoms with Crippen LogP contribution in [0.25, 0.3) is 0 Å². The topological polar surface area (TPSA) is 76.0 Å². The van der Waals surface area contributed by atoms with Crippen LogP contribution in [0.1, 0.15) is 12.5 Å². The van der Waals surface area contributed by atoms with Gasteiger partial charge in [0.15, 0.2) is 0 Å². The molecule has 1 aromatic heterocycles. The number of nitrogens with one attached hydrogen (secondary N) is 2. The van der Waals surface area contributed by atoms with Crippen molar-refractivity contribution in [3.05, 3.63) is 48.3 Å². The lowest BCUT2D eigenvalue weighted by Crippen LogP contribution is -2.31. The van der Waals surface area contributed by atoms with E-state index in [1.807, 2.05) is 37.3 Å². The third kappa shape index (κ3) is 5.42. The van der Waals surface area contributed by atoms with Gasteiger partial charge >= 0.3 is 0 Å². The van der Waals surface area contributed by atoms with Gasteiger partial charge in [-0.15, -0.1) is 12.4 Å². The Kier molecular flexibility index (Phi) is 7.53. The van der Waals surface area contributed by atoms with E-state index < -0.39 is 10.0 Å². The van der Waals surface area contributed by atoms with Crippen LogP contribution in [0.15, 0.2) is 47.6 Å². The van der Waals surface area contributed by atoms with Crippen molar-refractivity contribution >= 4 is 22.4 Å². The highest BCUT2D eigenvalue weighted by Crippen LogP contribution is 2.08. The van der Waals surface area contributed by atoms with Crippen molar-refractivity contribution in [2.75, 3.05) is 19.6 Å². The van der Waals surface area contributed by atoms with E-state index in [0.29, 0.717) is 19.6 Å². The van der Waals surface area contributed by atoms with Crippen LogP contribution in [0.3, 0.4) is 0 Å². The first-order valence-corrected chi connectivity index (χ1v) is 8.37. The minimum atomic E-state index is -3.49. The van der Waals surface area contributed by atoms with Crippen molar-refractivity contribution in [1.29, 1.82) is 0 Å². The molecule has 0 aliphatic rings. The van der Waals surface area contributed by atoms with Crippen LogP contribution in [0, 0.1) is 0 Å². The Morgan fingerprint density at radius 1 is 1.18 bits per heavy atom. The average Bonchev–Trinajstić information content (AvgIpc) is 2.94. The van der Waals surface area contributed by atoms with Crippen molar-refractivity contribution in [3.63, 3.8) is 0 Å². The van der Waals surface area contributed by atoms with Crippen molar-refractivity contribution < 1.29 is 8.42 Å². The smallest absolute Gasteiger partial charge is 0.243 e. The van der Waals surface area contributed by atoms with Gasteiger partial charge in [0.1, 0.15) is 4.90 Å². The number of halogens is 1. The van der Waals surface area contributed by atoms with Crippen LogP contribution >= 0.6 is 12.4 Å². The van der Waals surface area contributed by atoms with Crippen LogP contribution in [-0.4, -0.2) is 37.8 Å². The Hall–Kier alpha value is -1.41. The van der Waals surface area contributed by atoms with Gasteiger partial charge in [-0.05, 0) is 12.1 Å². The molecule has 0 atom stereocenters. The van der Waals surface area contributed by atoms with Gasteiger partial charge in [-0.25, -0.2) is 13.1 Å². The van der Waals surface area contributed by atoms with Gasteiger partial charge < -0.3 is 5.32 Å². The summed E-state index contributed by atoms with van der Waals surface area (Å²) in [5.41, 5.74) is 1.07. The standard InChI is InChI=1S/C14H20N4O2S.ClH/c1-2-15-8-9-17-21(19,20)14-10-16-18(12-14)11-13-6-4-3-5-7-13;/h3-7,10,12,15,17H,2,8-9,11H2,1H3;1H. The summed E-state index contributed by atoms with van der Waals surface area (Å²) < 4.78 is 28.3. The van der Waals surface area contributed by atoms with E-state index in [1.54, 1.807) is 10.9 Å². The fourth-order valence-electron chi connectivity index (χ4n) is 1.87. The van der Waals surface area contributed by atoms with Crippen molar-refractivity contribution in [1.82, 2.24) is 19.8 Å². The second kappa shape index (κ2) is 8.89. The van der Waals surface area contributed by atoms with Crippen LogP contribution in [0.4, 0.5) is 0 Å². The zero-order valence-electron chi connectivity index (χ0n) is 12.4. The second-order valence-corrected chi connectivity index (χ2v) is 6.38. The molecule has 0 saturated carbocycles. The fourth-order valence-corrected chi connectivity index (χ4v) is 2.86. The van der Waals surface area contributed by atoms with Gasteiger partial charge in [0.25, 0.3) is 0 Å².